The fourth-order valence-electron chi connectivity index (χ4n) is 2.38. The number of rotatable bonds is 5. The minimum absolute atomic E-state index is 0.345. The van der Waals surface area contributed by atoms with Gasteiger partial charge in [-0.2, -0.15) is 0 Å². The molecule has 1 saturated heterocycles. The van der Waals surface area contributed by atoms with E-state index in [1.54, 1.807) is 0 Å². The Morgan fingerprint density at radius 2 is 2.14 bits per heavy atom. The van der Waals surface area contributed by atoms with Crippen LogP contribution in [0, 0.1) is 11.8 Å². The smallest absolute Gasteiger partial charge is 0.0616 e. The van der Waals surface area contributed by atoms with Crippen molar-refractivity contribution in [3.63, 3.8) is 0 Å². The minimum Gasteiger partial charge on any atom is -0.378 e. The molecule has 84 valence electrons. The highest BCUT2D eigenvalue weighted by atomic mass is 16.5. The van der Waals surface area contributed by atoms with Gasteiger partial charge in [0.15, 0.2) is 0 Å². The van der Waals surface area contributed by atoms with E-state index in [2.05, 4.69) is 20.8 Å². The Hall–Kier alpha value is -0.0800. The third-order valence-corrected chi connectivity index (χ3v) is 3.58. The first kappa shape index (κ1) is 12.0. The number of hydrogen-bond acceptors (Lipinski definition) is 2. The van der Waals surface area contributed by atoms with Crippen molar-refractivity contribution in [2.24, 2.45) is 17.6 Å². The van der Waals surface area contributed by atoms with Crippen molar-refractivity contribution in [3.8, 4) is 0 Å². The molecular formula is C12H25NO. The molecule has 1 heterocycles. The summed E-state index contributed by atoms with van der Waals surface area (Å²) in [6.07, 6.45) is 5.09. The Bertz CT molecular complexity index is 160. The third-order valence-electron chi connectivity index (χ3n) is 3.58. The second-order valence-electron chi connectivity index (χ2n) is 4.68. The van der Waals surface area contributed by atoms with Gasteiger partial charge in [-0.25, -0.2) is 0 Å². The first-order valence-electron chi connectivity index (χ1n) is 6.06. The summed E-state index contributed by atoms with van der Waals surface area (Å²) in [6.45, 7) is 7.63. The maximum atomic E-state index is 6.24. The Balaban J connectivity index is 2.38. The molecule has 1 aliphatic rings. The van der Waals surface area contributed by atoms with E-state index in [0.29, 0.717) is 18.1 Å². The van der Waals surface area contributed by atoms with Gasteiger partial charge in [0.25, 0.3) is 0 Å². The summed E-state index contributed by atoms with van der Waals surface area (Å²) in [5, 5.41) is 0. The molecule has 0 spiro atoms. The second-order valence-corrected chi connectivity index (χ2v) is 4.68. The molecule has 0 aromatic carbocycles. The van der Waals surface area contributed by atoms with Crippen molar-refractivity contribution in [2.45, 2.75) is 58.6 Å². The first-order valence-corrected chi connectivity index (χ1v) is 6.06. The van der Waals surface area contributed by atoms with Crippen molar-refractivity contribution < 1.29 is 4.74 Å². The quantitative estimate of drug-likeness (QED) is 0.738. The molecule has 0 radical (unpaired) electrons. The molecule has 1 rings (SSSR count). The van der Waals surface area contributed by atoms with E-state index in [9.17, 15) is 0 Å². The van der Waals surface area contributed by atoms with Crippen LogP contribution in [0.1, 0.15) is 46.5 Å². The van der Waals surface area contributed by atoms with Gasteiger partial charge in [-0.05, 0) is 25.2 Å². The van der Waals surface area contributed by atoms with Gasteiger partial charge in [-0.15, -0.1) is 0 Å². The van der Waals surface area contributed by atoms with Gasteiger partial charge in [0, 0.05) is 18.6 Å². The van der Waals surface area contributed by atoms with Crippen LogP contribution in [0.2, 0.25) is 0 Å². The number of ether oxygens (including phenoxy) is 1. The van der Waals surface area contributed by atoms with Crippen molar-refractivity contribution in [2.75, 3.05) is 6.61 Å². The van der Waals surface area contributed by atoms with Crippen LogP contribution in [0.25, 0.3) is 0 Å². The van der Waals surface area contributed by atoms with Crippen LogP contribution in [0.3, 0.4) is 0 Å². The molecule has 4 atom stereocenters. The molecule has 0 aliphatic carbocycles. The van der Waals surface area contributed by atoms with E-state index in [1.165, 1.54) is 6.42 Å². The highest BCUT2D eigenvalue weighted by Gasteiger charge is 2.31. The third kappa shape index (κ3) is 2.96. The summed E-state index contributed by atoms with van der Waals surface area (Å²) in [4.78, 5) is 0. The molecule has 1 aliphatic heterocycles. The summed E-state index contributed by atoms with van der Waals surface area (Å²) in [5.74, 6) is 1.36. The van der Waals surface area contributed by atoms with E-state index >= 15 is 0 Å². The standard InChI is InChI=1S/C12H25NO/c1-4-9(3)8-11(13)10-6-7-14-12(10)5-2/h9-12H,4-8,13H2,1-3H3. The fourth-order valence-corrected chi connectivity index (χ4v) is 2.38. The zero-order valence-electron chi connectivity index (χ0n) is 9.83. The van der Waals surface area contributed by atoms with Crippen molar-refractivity contribution in [1.82, 2.24) is 0 Å². The summed E-state index contributed by atoms with van der Waals surface area (Å²) in [6, 6.07) is 0.345. The zero-order valence-corrected chi connectivity index (χ0v) is 9.83. The highest BCUT2D eigenvalue weighted by Crippen LogP contribution is 2.28. The fraction of sp³-hybridized carbons (Fsp3) is 1.00. The molecule has 14 heavy (non-hydrogen) atoms. The van der Waals surface area contributed by atoms with Crippen LogP contribution in [0.5, 0.6) is 0 Å². The Kier molecular flexibility index (Phi) is 4.90. The molecule has 2 heteroatoms. The molecule has 4 unspecified atom stereocenters. The van der Waals surface area contributed by atoms with Crippen molar-refractivity contribution in [1.29, 1.82) is 0 Å². The van der Waals surface area contributed by atoms with Crippen LogP contribution >= 0.6 is 0 Å². The Labute approximate surface area is 88.2 Å². The van der Waals surface area contributed by atoms with Crippen LogP contribution in [-0.2, 0) is 4.74 Å². The minimum atomic E-state index is 0.345. The van der Waals surface area contributed by atoms with Gasteiger partial charge in [0.1, 0.15) is 0 Å². The molecule has 0 amide bonds. The molecule has 0 aromatic rings. The number of hydrogen-bond donors (Lipinski definition) is 1. The molecule has 0 aromatic heterocycles. The lowest BCUT2D eigenvalue weighted by Gasteiger charge is -2.25. The van der Waals surface area contributed by atoms with Crippen molar-refractivity contribution >= 4 is 0 Å². The maximum Gasteiger partial charge on any atom is 0.0616 e. The van der Waals surface area contributed by atoms with Gasteiger partial charge in [0.2, 0.25) is 0 Å². The van der Waals surface area contributed by atoms with Crippen LogP contribution in [-0.4, -0.2) is 18.8 Å². The molecular weight excluding hydrogens is 174 g/mol. The SMILES string of the molecule is CCC(C)CC(N)C1CCOC1CC. The van der Waals surface area contributed by atoms with Crippen LogP contribution in [0.15, 0.2) is 0 Å². The lowest BCUT2D eigenvalue weighted by Crippen LogP contribution is -2.36. The Morgan fingerprint density at radius 1 is 1.43 bits per heavy atom. The summed E-state index contributed by atoms with van der Waals surface area (Å²) in [7, 11) is 0. The van der Waals surface area contributed by atoms with Gasteiger partial charge in [0.05, 0.1) is 6.10 Å². The summed E-state index contributed by atoms with van der Waals surface area (Å²) in [5.41, 5.74) is 6.24. The van der Waals surface area contributed by atoms with Gasteiger partial charge < -0.3 is 10.5 Å². The average Bonchev–Trinajstić information content (AvgIpc) is 2.65. The maximum absolute atomic E-state index is 6.24. The predicted octanol–water partition coefficient (Wildman–Crippen LogP) is 2.57. The summed E-state index contributed by atoms with van der Waals surface area (Å²) < 4.78 is 5.67. The van der Waals surface area contributed by atoms with E-state index in [1.807, 2.05) is 0 Å². The summed E-state index contributed by atoms with van der Waals surface area (Å²) >= 11 is 0. The van der Waals surface area contributed by atoms with Crippen LogP contribution in [0.4, 0.5) is 0 Å². The average molecular weight is 199 g/mol. The molecule has 2 nitrogen and oxygen atoms in total. The van der Waals surface area contributed by atoms with Crippen molar-refractivity contribution in [3.05, 3.63) is 0 Å². The predicted molar refractivity (Wildman–Crippen MR) is 60.2 cm³/mol. The van der Waals surface area contributed by atoms with E-state index in [-0.39, 0.29) is 0 Å². The number of nitrogens with two attached hydrogens (primary N) is 1. The molecule has 1 fully saturated rings. The van der Waals surface area contributed by atoms with E-state index < -0.39 is 0 Å². The largest absolute Gasteiger partial charge is 0.378 e. The van der Waals surface area contributed by atoms with Gasteiger partial charge in [-0.3, -0.25) is 0 Å². The Morgan fingerprint density at radius 3 is 2.71 bits per heavy atom. The normalized spacial score (nSPS) is 31.7. The lowest BCUT2D eigenvalue weighted by molar-refractivity contribution is 0.0791. The van der Waals surface area contributed by atoms with E-state index in [4.69, 9.17) is 10.5 Å². The molecule has 2 N–H and O–H groups in total. The monoisotopic (exact) mass is 199 g/mol. The molecule has 0 saturated carbocycles. The zero-order chi connectivity index (χ0) is 10.6. The van der Waals surface area contributed by atoms with Gasteiger partial charge >= 0.3 is 0 Å². The highest BCUT2D eigenvalue weighted by molar-refractivity contribution is 4.84. The lowest BCUT2D eigenvalue weighted by atomic mass is 9.86. The second kappa shape index (κ2) is 5.72. The van der Waals surface area contributed by atoms with Gasteiger partial charge in [-0.1, -0.05) is 27.2 Å². The van der Waals surface area contributed by atoms with E-state index in [0.717, 1.165) is 31.8 Å². The topological polar surface area (TPSA) is 35.2 Å². The molecule has 0 bridgehead atoms. The van der Waals surface area contributed by atoms with Crippen LogP contribution < -0.4 is 5.73 Å². The first-order chi connectivity index (χ1) is 6.69.